The lowest BCUT2D eigenvalue weighted by Crippen LogP contribution is -2.36. The van der Waals surface area contributed by atoms with Gasteiger partial charge >= 0.3 is 0 Å². The van der Waals surface area contributed by atoms with Gasteiger partial charge in [0.1, 0.15) is 5.82 Å². The van der Waals surface area contributed by atoms with Crippen LogP contribution in [-0.4, -0.2) is 6.04 Å². The number of allylic oxidation sites excluding steroid dienone is 1. The van der Waals surface area contributed by atoms with Crippen LogP contribution in [0.2, 0.25) is 0 Å². The summed E-state index contributed by atoms with van der Waals surface area (Å²) in [6.45, 7) is 3.68. The Hall–Kier alpha value is -1.19. The summed E-state index contributed by atoms with van der Waals surface area (Å²) in [7, 11) is 0. The van der Waals surface area contributed by atoms with Gasteiger partial charge < -0.3 is 0 Å². The van der Waals surface area contributed by atoms with Crippen molar-refractivity contribution in [2.75, 3.05) is 0 Å². The van der Waals surface area contributed by atoms with Crippen molar-refractivity contribution < 1.29 is 4.39 Å². The second-order valence-electron chi connectivity index (χ2n) is 3.92. The topological polar surface area (TPSA) is 38.0 Å². The molecular weight excluding hydrogens is 203 g/mol. The lowest BCUT2D eigenvalue weighted by molar-refractivity contribution is 0.477. The molecule has 0 saturated carbocycles. The van der Waals surface area contributed by atoms with Crippen LogP contribution in [0, 0.1) is 5.82 Å². The minimum atomic E-state index is -0.195. The van der Waals surface area contributed by atoms with Gasteiger partial charge in [-0.25, -0.2) is 4.39 Å². The predicted octanol–water partition coefficient (Wildman–Crippen LogP) is 2.56. The average molecular weight is 222 g/mol. The monoisotopic (exact) mass is 222 g/mol. The summed E-state index contributed by atoms with van der Waals surface area (Å²) >= 11 is 0. The molecule has 16 heavy (non-hydrogen) atoms. The van der Waals surface area contributed by atoms with E-state index in [-0.39, 0.29) is 11.9 Å². The van der Waals surface area contributed by atoms with Gasteiger partial charge in [-0.15, -0.1) is 6.58 Å². The molecule has 1 unspecified atom stereocenters. The molecule has 1 rings (SSSR count). The molecule has 1 aromatic rings. The summed E-state index contributed by atoms with van der Waals surface area (Å²) in [6.07, 6.45) is 5.66. The maximum absolute atomic E-state index is 13.0. The Morgan fingerprint density at radius 3 is 2.94 bits per heavy atom. The molecule has 1 aromatic carbocycles. The van der Waals surface area contributed by atoms with E-state index in [2.05, 4.69) is 12.0 Å². The molecule has 0 aliphatic carbocycles. The Morgan fingerprint density at radius 1 is 1.50 bits per heavy atom. The number of rotatable bonds is 7. The number of halogens is 1. The molecule has 3 N–H and O–H groups in total. The normalized spacial score (nSPS) is 12.4. The molecule has 2 nitrogen and oxygen atoms in total. The molecule has 0 fully saturated rings. The number of unbranched alkanes of at least 4 members (excludes halogenated alkanes) is 1. The maximum atomic E-state index is 13.0. The van der Waals surface area contributed by atoms with Gasteiger partial charge in [0, 0.05) is 6.04 Å². The van der Waals surface area contributed by atoms with Crippen molar-refractivity contribution >= 4 is 0 Å². The first-order valence-electron chi connectivity index (χ1n) is 5.57. The van der Waals surface area contributed by atoms with Gasteiger partial charge in [0.25, 0.3) is 0 Å². The minimum absolute atomic E-state index is 0.195. The van der Waals surface area contributed by atoms with Crippen LogP contribution >= 0.6 is 0 Å². The Morgan fingerprint density at radius 2 is 2.31 bits per heavy atom. The number of benzene rings is 1. The lowest BCUT2D eigenvalue weighted by atomic mass is 10.0. The third-order valence-corrected chi connectivity index (χ3v) is 2.57. The standard InChI is InChI=1S/C13H19FN2/c1-2-3-4-8-13(16-15)10-11-6-5-7-12(14)9-11/h2,5-7,9,13,16H,1,3-4,8,10,15H2. The molecule has 0 radical (unpaired) electrons. The molecule has 3 heteroatoms. The molecule has 88 valence electrons. The number of hydrogen-bond acceptors (Lipinski definition) is 2. The van der Waals surface area contributed by atoms with E-state index in [4.69, 9.17) is 5.84 Å². The predicted molar refractivity (Wildman–Crippen MR) is 65.3 cm³/mol. The third-order valence-electron chi connectivity index (χ3n) is 2.57. The van der Waals surface area contributed by atoms with Crippen LogP contribution in [0.25, 0.3) is 0 Å². The third kappa shape index (κ3) is 4.55. The van der Waals surface area contributed by atoms with Crippen molar-refractivity contribution in [1.82, 2.24) is 5.43 Å². The van der Waals surface area contributed by atoms with Gasteiger partial charge in [-0.05, 0) is 43.4 Å². The zero-order chi connectivity index (χ0) is 11.8. The largest absolute Gasteiger partial charge is 0.271 e. The highest BCUT2D eigenvalue weighted by atomic mass is 19.1. The molecule has 0 aromatic heterocycles. The fourth-order valence-electron chi connectivity index (χ4n) is 1.70. The molecule has 0 aliphatic heterocycles. The summed E-state index contributed by atoms with van der Waals surface area (Å²) in [6, 6.07) is 6.84. The van der Waals surface area contributed by atoms with Gasteiger partial charge in [-0.2, -0.15) is 0 Å². The van der Waals surface area contributed by atoms with Crippen LogP contribution in [0.1, 0.15) is 24.8 Å². The fraction of sp³-hybridized carbons (Fsp3) is 0.385. The Kier molecular flexibility index (Phi) is 5.75. The zero-order valence-corrected chi connectivity index (χ0v) is 9.45. The highest BCUT2D eigenvalue weighted by Gasteiger charge is 2.07. The summed E-state index contributed by atoms with van der Waals surface area (Å²) in [5, 5.41) is 0. The highest BCUT2D eigenvalue weighted by Crippen LogP contribution is 2.10. The molecule has 1 atom stereocenters. The first kappa shape index (κ1) is 12.9. The molecule has 0 amide bonds. The first-order valence-corrected chi connectivity index (χ1v) is 5.57. The average Bonchev–Trinajstić information content (AvgIpc) is 2.28. The van der Waals surface area contributed by atoms with E-state index in [9.17, 15) is 4.39 Å². The second kappa shape index (κ2) is 7.14. The van der Waals surface area contributed by atoms with E-state index in [1.54, 1.807) is 12.1 Å². The molecule has 0 saturated heterocycles. The van der Waals surface area contributed by atoms with Gasteiger partial charge in [-0.3, -0.25) is 11.3 Å². The highest BCUT2D eigenvalue weighted by molar-refractivity contribution is 5.17. The van der Waals surface area contributed by atoms with Gasteiger partial charge in [-0.1, -0.05) is 18.2 Å². The van der Waals surface area contributed by atoms with E-state index in [0.29, 0.717) is 0 Å². The van der Waals surface area contributed by atoms with Crippen LogP contribution < -0.4 is 11.3 Å². The van der Waals surface area contributed by atoms with Crippen LogP contribution in [0.15, 0.2) is 36.9 Å². The van der Waals surface area contributed by atoms with Crippen LogP contribution in [0.4, 0.5) is 4.39 Å². The SMILES string of the molecule is C=CCCCC(Cc1cccc(F)c1)NN. The van der Waals surface area contributed by atoms with Crippen LogP contribution in [0.3, 0.4) is 0 Å². The molecule has 0 bridgehead atoms. The van der Waals surface area contributed by atoms with Crippen LogP contribution in [0.5, 0.6) is 0 Å². The maximum Gasteiger partial charge on any atom is 0.123 e. The Bertz CT molecular complexity index is 325. The quantitative estimate of drug-likeness (QED) is 0.322. The number of nitrogens with two attached hydrogens (primary N) is 1. The molecule has 0 aliphatic rings. The number of nitrogens with one attached hydrogen (secondary N) is 1. The summed E-state index contributed by atoms with van der Waals surface area (Å²) in [5.41, 5.74) is 3.75. The van der Waals surface area contributed by atoms with Gasteiger partial charge in [0.2, 0.25) is 0 Å². The molecular formula is C13H19FN2. The van der Waals surface area contributed by atoms with Gasteiger partial charge in [0.15, 0.2) is 0 Å². The fourth-order valence-corrected chi connectivity index (χ4v) is 1.70. The summed E-state index contributed by atoms with van der Waals surface area (Å²) in [4.78, 5) is 0. The Labute approximate surface area is 96.3 Å². The lowest BCUT2D eigenvalue weighted by Gasteiger charge is -2.15. The van der Waals surface area contributed by atoms with Gasteiger partial charge in [0.05, 0.1) is 0 Å². The molecule has 0 heterocycles. The van der Waals surface area contributed by atoms with E-state index < -0.39 is 0 Å². The summed E-state index contributed by atoms with van der Waals surface area (Å²) < 4.78 is 13.0. The smallest absolute Gasteiger partial charge is 0.123 e. The van der Waals surface area contributed by atoms with Crippen molar-refractivity contribution in [1.29, 1.82) is 0 Å². The Balaban J connectivity index is 2.46. The van der Waals surface area contributed by atoms with Crippen molar-refractivity contribution in [3.05, 3.63) is 48.3 Å². The molecule has 0 spiro atoms. The first-order chi connectivity index (χ1) is 7.76. The van der Waals surface area contributed by atoms with Crippen molar-refractivity contribution in [2.24, 2.45) is 5.84 Å². The number of hydrogen-bond donors (Lipinski definition) is 2. The van der Waals surface area contributed by atoms with Crippen molar-refractivity contribution in [3.8, 4) is 0 Å². The van der Waals surface area contributed by atoms with Crippen LogP contribution in [-0.2, 0) is 6.42 Å². The van der Waals surface area contributed by atoms with E-state index in [1.807, 2.05) is 12.1 Å². The van der Waals surface area contributed by atoms with E-state index >= 15 is 0 Å². The minimum Gasteiger partial charge on any atom is -0.271 e. The zero-order valence-electron chi connectivity index (χ0n) is 9.45. The number of hydrazine groups is 1. The second-order valence-corrected chi connectivity index (χ2v) is 3.92. The van der Waals surface area contributed by atoms with Crippen molar-refractivity contribution in [2.45, 2.75) is 31.7 Å². The van der Waals surface area contributed by atoms with E-state index in [1.165, 1.54) is 6.07 Å². The van der Waals surface area contributed by atoms with Crippen molar-refractivity contribution in [3.63, 3.8) is 0 Å². The summed E-state index contributed by atoms with van der Waals surface area (Å²) in [5.74, 6) is 5.28. The van der Waals surface area contributed by atoms with E-state index in [0.717, 1.165) is 31.2 Å².